The Morgan fingerprint density at radius 2 is 2.15 bits per heavy atom. The molecule has 9 nitrogen and oxygen atoms in total. The highest BCUT2D eigenvalue weighted by atomic mass is 32.1. The average molecular weight is 395 g/mol. The van der Waals surface area contributed by atoms with Gasteiger partial charge in [-0.1, -0.05) is 25.8 Å². The molecular weight excluding hydrogens is 368 g/mol. The molecule has 0 radical (unpaired) electrons. The van der Waals surface area contributed by atoms with Gasteiger partial charge in [-0.25, -0.2) is 9.97 Å². The molecule has 2 heterocycles. The topological polar surface area (TPSA) is 149 Å². The number of primary amides is 1. The maximum Gasteiger partial charge on any atom is 0.267 e. The van der Waals surface area contributed by atoms with Crippen LogP contribution in [0.4, 0.5) is 11.8 Å². The maximum atomic E-state index is 11.2. The van der Waals surface area contributed by atoms with Gasteiger partial charge in [-0.05, 0) is 18.6 Å². The number of aromatic nitrogens is 3. The summed E-state index contributed by atoms with van der Waals surface area (Å²) in [7, 11) is 0. The summed E-state index contributed by atoms with van der Waals surface area (Å²) in [6, 6.07) is 4.76. The van der Waals surface area contributed by atoms with Crippen molar-refractivity contribution in [2.45, 2.75) is 38.8 Å². The molecule has 1 amide bonds. The molecule has 0 aliphatic carbocycles. The number of anilines is 2. The lowest BCUT2D eigenvalue weighted by atomic mass is 10.1. The van der Waals surface area contributed by atoms with Crippen molar-refractivity contribution in [3.8, 4) is 5.75 Å². The fraction of sp³-hybridized carbons (Fsp3) is 0.412. The summed E-state index contributed by atoms with van der Waals surface area (Å²) >= 11 is 0. The minimum absolute atomic E-state index is 0. The Morgan fingerprint density at radius 3 is 2.81 bits per heavy atom. The monoisotopic (exact) mass is 394 g/mol. The fourth-order valence-corrected chi connectivity index (χ4v) is 2.30. The predicted octanol–water partition coefficient (Wildman–Crippen LogP) is 1.21. The van der Waals surface area contributed by atoms with Gasteiger partial charge in [0.1, 0.15) is 12.3 Å². The lowest BCUT2D eigenvalue weighted by Crippen LogP contribution is -2.25. The molecule has 0 unspecified atom stereocenters. The molecule has 0 bridgehead atoms. The lowest BCUT2D eigenvalue weighted by Gasteiger charge is -2.19. The molecule has 0 spiro atoms. The van der Waals surface area contributed by atoms with Crippen LogP contribution in [-0.2, 0) is 6.61 Å². The first kappa shape index (κ1) is 22.5. The van der Waals surface area contributed by atoms with E-state index in [0.717, 1.165) is 19.3 Å². The minimum Gasteiger partial charge on any atom is -0.482 e. The second kappa shape index (κ2) is 11.2. The summed E-state index contributed by atoms with van der Waals surface area (Å²) in [6.45, 7) is 2.15. The van der Waals surface area contributed by atoms with Crippen molar-refractivity contribution in [1.82, 2.24) is 15.0 Å². The van der Waals surface area contributed by atoms with E-state index >= 15 is 0 Å². The quantitative estimate of drug-likeness (QED) is 0.470. The highest BCUT2D eigenvalue weighted by Crippen LogP contribution is 2.24. The second-order valence-corrected chi connectivity index (χ2v) is 5.77. The van der Waals surface area contributed by atoms with Crippen molar-refractivity contribution in [3.05, 3.63) is 35.8 Å². The van der Waals surface area contributed by atoms with E-state index < -0.39 is 5.91 Å². The smallest absolute Gasteiger partial charge is 0.267 e. The SMILES string of the molecule is CCCC[C@@H](CO)Nc1nc(N)ncc1OCc1cccc(C(N)=O)n1.S. The molecule has 0 saturated carbocycles. The number of pyridine rings is 1. The molecule has 0 aromatic carbocycles. The van der Waals surface area contributed by atoms with Crippen LogP contribution in [0.3, 0.4) is 0 Å². The van der Waals surface area contributed by atoms with Crippen molar-refractivity contribution in [2.24, 2.45) is 5.73 Å². The van der Waals surface area contributed by atoms with Crippen LogP contribution in [0.25, 0.3) is 0 Å². The number of carbonyl (C=O) groups is 1. The predicted molar refractivity (Wildman–Crippen MR) is 108 cm³/mol. The second-order valence-electron chi connectivity index (χ2n) is 5.77. The Hall–Kier alpha value is -2.59. The van der Waals surface area contributed by atoms with Crippen LogP contribution in [0, 0.1) is 0 Å². The van der Waals surface area contributed by atoms with E-state index in [1.807, 2.05) is 0 Å². The Labute approximate surface area is 165 Å². The molecule has 0 fully saturated rings. The van der Waals surface area contributed by atoms with Gasteiger partial charge in [-0.15, -0.1) is 0 Å². The van der Waals surface area contributed by atoms with Crippen molar-refractivity contribution < 1.29 is 14.6 Å². The van der Waals surface area contributed by atoms with Crippen LogP contribution < -0.4 is 21.5 Å². The number of nitrogens with two attached hydrogens (primary N) is 2. The average Bonchev–Trinajstić information content (AvgIpc) is 2.64. The van der Waals surface area contributed by atoms with Gasteiger partial charge in [0, 0.05) is 0 Å². The van der Waals surface area contributed by atoms with Gasteiger partial charge in [-0.3, -0.25) is 4.79 Å². The number of hydrogen-bond acceptors (Lipinski definition) is 8. The van der Waals surface area contributed by atoms with Gasteiger partial charge >= 0.3 is 0 Å². The number of nitrogen functional groups attached to an aromatic ring is 1. The molecule has 0 aliphatic heterocycles. The van der Waals surface area contributed by atoms with Crippen LogP contribution in [-0.4, -0.2) is 38.6 Å². The van der Waals surface area contributed by atoms with E-state index in [4.69, 9.17) is 16.2 Å². The standard InChI is InChI=1S/C17H24N6O3.H2S/c1-2-3-5-11(9-24)22-16-14(8-20-17(19)23-16)26-10-12-6-4-7-13(21-12)15(18)25;/h4,6-8,11,24H,2-3,5,9-10H2,1H3,(H2,18,25)(H3,19,20,22,23);1H2/t11-;/m0./s1. The first-order valence-electron chi connectivity index (χ1n) is 8.42. The third-order valence-electron chi connectivity index (χ3n) is 3.68. The van der Waals surface area contributed by atoms with Gasteiger partial charge in [0.05, 0.1) is 24.5 Å². The number of carbonyl (C=O) groups excluding carboxylic acids is 1. The van der Waals surface area contributed by atoms with E-state index in [1.54, 1.807) is 12.1 Å². The normalized spacial score (nSPS) is 11.3. The summed E-state index contributed by atoms with van der Waals surface area (Å²) in [6.07, 6.45) is 4.24. The van der Waals surface area contributed by atoms with Gasteiger partial charge < -0.3 is 26.6 Å². The van der Waals surface area contributed by atoms with Gasteiger partial charge in [0.25, 0.3) is 5.91 Å². The van der Waals surface area contributed by atoms with Crippen LogP contribution in [0.2, 0.25) is 0 Å². The van der Waals surface area contributed by atoms with Crippen molar-refractivity contribution in [2.75, 3.05) is 17.7 Å². The van der Waals surface area contributed by atoms with E-state index in [1.165, 1.54) is 12.3 Å². The molecule has 27 heavy (non-hydrogen) atoms. The Bertz CT molecular complexity index is 746. The number of unbranched alkanes of at least 4 members (excludes halogenated alkanes) is 1. The summed E-state index contributed by atoms with van der Waals surface area (Å²) in [4.78, 5) is 23.4. The van der Waals surface area contributed by atoms with Gasteiger partial charge in [0.2, 0.25) is 5.95 Å². The number of ether oxygens (including phenoxy) is 1. The number of nitrogens with one attached hydrogen (secondary N) is 1. The van der Waals surface area contributed by atoms with Crippen LogP contribution in [0.1, 0.15) is 42.4 Å². The van der Waals surface area contributed by atoms with Crippen molar-refractivity contribution in [3.63, 3.8) is 0 Å². The molecule has 2 aromatic rings. The number of aliphatic hydroxyl groups excluding tert-OH is 1. The largest absolute Gasteiger partial charge is 0.482 e. The molecule has 2 aromatic heterocycles. The zero-order valence-corrected chi connectivity index (χ0v) is 16.2. The summed E-state index contributed by atoms with van der Waals surface area (Å²) in [5, 5.41) is 12.7. The Kier molecular flexibility index (Phi) is 9.31. The summed E-state index contributed by atoms with van der Waals surface area (Å²) < 4.78 is 5.72. The van der Waals surface area contributed by atoms with E-state index in [2.05, 4.69) is 27.2 Å². The highest BCUT2D eigenvalue weighted by molar-refractivity contribution is 7.59. The first-order chi connectivity index (χ1) is 12.5. The van der Waals surface area contributed by atoms with E-state index in [0.29, 0.717) is 17.3 Å². The number of aliphatic hydroxyl groups is 1. The summed E-state index contributed by atoms with van der Waals surface area (Å²) in [5.74, 6) is 0.270. The number of rotatable bonds is 10. The zero-order valence-electron chi connectivity index (χ0n) is 15.2. The van der Waals surface area contributed by atoms with Crippen LogP contribution in [0.5, 0.6) is 5.75 Å². The third-order valence-corrected chi connectivity index (χ3v) is 3.68. The molecule has 1 atom stereocenters. The molecule has 2 rings (SSSR count). The number of hydrogen-bond donors (Lipinski definition) is 4. The highest BCUT2D eigenvalue weighted by Gasteiger charge is 2.14. The van der Waals surface area contributed by atoms with E-state index in [-0.39, 0.29) is 44.4 Å². The number of nitrogens with zero attached hydrogens (tertiary/aromatic N) is 3. The van der Waals surface area contributed by atoms with Crippen LogP contribution >= 0.6 is 13.5 Å². The Balaban J connectivity index is 0.00000364. The summed E-state index contributed by atoms with van der Waals surface area (Å²) in [5.41, 5.74) is 11.6. The lowest BCUT2D eigenvalue weighted by molar-refractivity contribution is 0.0995. The van der Waals surface area contributed by atoms with Crippen LogP contribution in [0.15, 0.2) is 24.4 Å². The minimum atomic E-state index is -0.605. The fourth-order valence-electron chi connectivity index (χ4n) is 2.30. The van der Waals surface area contributed by atoms with Crippen molar-refractivity contribution >= 4 is 31.2 Å². The third kappa shape index (κ3) is 6.91. The molecule has 10 heteroatoms. The molecule has 0 aliphatic rings. The Morgan fingerprint density at radius 1 is 1.37 bits per heavy atom. The molecule has 6 N–H and O–H groups in total. The van der Waals surface area contributed by atoms with E-state index in [9.17, 15) is 9.90 Å². The molecule has 0 saturated heterocycles. The van der Waals surface area contributed by atoms with Crippen molar-refractivity contribution in [1.29, 1.82) is 0 Å². The molecular formula is C17H26N6O3S. The number of amides is 1. The maximum absolute atomic E-state index is 11.2. The van der Waals surface area contributed by atoms with Gasteiger partial charge in [0.15, 0.2) is 11.6 Å². The van der Waals surface area contributed by atoms with Gasteiger partial charge in [-0.2, -0.15) is 18.5 Å². The zero-order chi connectivity index (χ0) is 18.9. The molecule has 148 valence electrons. The first-order valence-corrected chi connectivity index (χ1v) is 8.42.